The smallest absolute Gasteiger partial charge is 0.157 e. The number of halogens is 2. The molecule has 0 saturated carbocycles. The van der Waals surface area contributed by atoms with Crippen molar-refractivity contribution < 1.29 is 22.3 Å². The molecule has 10 heteroatoms. The Labute approximate surface area is 138 Å². The lowest BCUT2D eigenvalue weighted by atomic mass is 9.90. The van der Waals surface area contributed by atoms with Gasteiger partial charge in [-0.2, -0.15) is 5.10 Å². The second-order valence-electron chi connectivity index (χ2n) is 5.44. The molecule has 0 aliphatic heterocycles. The van der Waals surface area contributed by atoms with Crippen LogP contribution in [0.15, 0.2) is 30.9 Å². The van der Waals surface area contributed by atoms with Crippen LogP contribution in [-0.4, -0.2) is 45.8 Å². The van der Waals surface area contributed by atoms with Gasteiger partial charge in [-0.15, -0.1) is 0 Å². The number of hydrogen-bond acceptors (Lipinski definition) is 6. The van der Waals surface area contributed by atoms with E-state index in [1.807, 2.05) is 0 Å². The third-order valence-electron chi connectivity index (χ3n) is 3.88. The number of sulfone groups is 1. The first-order valence-electron chi connectivity index (χ1n) is 7.12. The minimum absolute atomic E-state index is 0.141. The van der Waals surface area contributed by atoms with Gasteiger partial charge in [-0.25, -0.2) is 26.9 Å². The van der Waals surface area contributed by atoms with Crippen LogP contribution in [0.3, 0.4) is 0 Å². The summed E-state index contributed by atoms with van der Waals surface area (Å²) in [7, 11) is -3.84. The number of nitrogens with two attached hydrogens (primary N) is 1. The first kappa shape index (κ1) is 18.4. The van der Waals surface area contributed by atoms with Gasteiger partial charge in [-0.3, -0.25) is 0 Å². The molecule has 2 rings (SSSR count). The lowest BCUT2D eigenvalue weighted by Gasteiger charge is -2.34. The van der Waals surface area contributed by atoms with Gasteiger partial charge >= 0.3 is 0 Å². The summed E-state index contributed by atoms with van der Waals surface area (Å²) in [6.45, 7) is 0.739. The fraction of sp³-hybridized carbons (Fsp3) is 0.429. The third-order valence-corrected chi connectivity index (χ3v) is 6.15. The molecule has 24 heavy (non-hydrogen) atoms. The van der Waals surface area contributed by atoms with Crippen LogP contribution in [0.2, 0.25) is 0 Å². The van der Waals surface area contributed by atoms with Crippen LogP contribution in [0.5, 0.6) is 0 Å². The molecule has 0 spiro atoms. The zero-order chi connectivity index (χ0) is 18.0. The zero-order valence-corrected chi connectivity index (χ0v) is 13.7. The Morgan fingerprint density at radius 2 is 2.12 bits per heavy atom. The van der Waals surface area contributed by atoms with E-state index in [1.54, 1.807) is 0 Å². The van der Waals surface area contributed by atoms with Gasteiger partial charge in [-0.05, 0) is 13.0 Å². The quantitative estimate of drug-likeness (QED) is 0.730. The van der Waals surface area contributed by atoms with Crippen LogP contribution >= 0.6 is 0 Å². The molecular weight excluding hydrogens is 342 g/mol. The minimum Gasteiger partial charge on any atom is -0.382 e. The highest BCUT2D eigenvalue weighted by Crippen LogP contribution is 2.33. The summed E-state index contributed by atoms with van der Waals surface area (Å²) in [5, 5.41) is 13.5. The normalized spacial score (nSPS) is 15.9. The van der Waals surface area contributed by atoms with Crippen molar-refractivity contribution in [1.29, 1.82) is 0 Å². The summed E-state index contributed by atoms with van der Waals surface area (Å²) in [6.07, 6.45) is 2.45. The molecule has 2 atom stereocenters. The summed E-state index contributed by atoms with van der Waals surface area (Å²) in [5.41, 5.74) is 2.79. The first-order valence-corrected chi connectivity index (χ1v) is 8.84. The van der Waals surface area contributed by atoms with E-state index in [4.69, 9.17) is 5.73 Å². The van der Waals surface area contributed by atoms with E-state index in [9.17, 15) is 22.3 Å². The Balaban J connectivity index is 2.56. The topological polar surface area (TPSA) is 111 Å². The van der Waals surface area contributed by atoms with Crippen LogP contribution < -0.4 is 5.73 Å². The van der Waals surface area contributed by atoms with Gasteiger partial charge in [0.2, 0.25) is 0 Å². The van der Waals surface area contributed by atoms with E-state index in [-0.39, 0.29) is 24.4 Å². The molecule has 0 saturated heterocycles. The molecule has 0 aliphatic rings. The summed E-state index contributed by atoms with van der Waals surface area (Å²) in [5.74, 6) is -2.26. The Bertz CT molecular complexity index is 798. The molecule has 0 bridgehead atoms. The molecule has 7 nitrogen and oxygen atoms in total. The standard InChI is InChI=1S/C14H18F2N4O3S/c1-10(24(22,23)5-4-17)14(21,7-20-9-18-8-19-20)12-3-2-11(15)6-13(12)16/h2-3,6,8-10,21H,4-5,7,17H2,1H3/t10-,14-/m1/s1. The maximum atomic E-state index is 14.2. The Hall–Kier alpha value is -1.91. The van der Waals surface area contributed by atoms with E-state index in [1.165, 1.54) is 24.3 Å². The molecule has 1 aromatic carbocycles. The molecule has 1 heterocycles. The molecule has 0 amide bonds. The summed E-state index contributed by atoms with van der Waals surface area (Å²) in [4.78, 5) is 3.71. The largest absolute Gasteiger partial charge is 0.382 e. The minimum atomic E-state index is -3.84. The molecule has 0 aliphatic carbocycles. The van der Waals surface area contributed by atoms with E-state index < -0.39 is 32.3 Å². The molecular formula is C14H18F2N4O3S. The first-order chi connectivity index (χ1) is 11.2. The highest BCUT2D eigenvalue weighted by atomic mass is 32.2. The highest BCUT2D eigenvalue weighted by Gasteiger charge is 2.45. The lowest BCUT2D eigenvalue weighted by Crippen LogP contribution is -2.48. The van der Waals surface area contributed by atoms with Crippen molar-refractivity contribution in [3.05, 3.63) is 48.1 Å². The summed E-state index contributed by atoms with van der Waals surface area (Å²) in [6, 6.07) is 2.56. The SMILES string of the molecule is C[C@H]([C@](O)(Cn1cncn1)c1ccc(F)cc1F)S(=O)(=O)CCN. The van der Waals surface area contributed by atoms with Crippen molar-refractivity contribution in [2.75, 3.05) is 12.3 Å². The van der Waals surface area contributed by atoms with Crippen LogP contribution in [-0.2, 0) is 22.0 Å². The van der Waals surface area contributed by atoms with Crippen molar-refractivity contribution in [2.45, 2.75) is 24.3 Å². The average Bonchev–Trinajstić information content (AvgIpc) is 2.98. The van der Waals surface area contributed by atoms with Gasteiger partial charge in [0.25, 0.3) is 0 Å². The molecule has 1 aromatic heterocycles. The van der Waals surface area contributed by atoms with E-state index >= 15 is 0 Å². The molecule has 3 N–H and O–H groups in total. The van der Waals surface area contributed by atoms with Gasteiger partial charge < -0.3 is 10.8 Å². The van der Waals surface area contributed by atoms with Crippen LogP contribution in [0, 0.1) is 11.6 Å². The second kappa shape index (κ2) is 6.91. The van der Waals surface area contributed by atoms with E-state index in [2.05, 4.69) is 10.1 Å². The lowest BCUT2D eigenvalue weighted by molar-refractivity contribution is 0.0110. The second-order valence-corrected chi connectivity index (χ2v) is 7.88. The van der Waals surface area contributed by atoms with Gasteiger partial charge in [0.1, 0.15) is 29.9 Å². The molecule has 132 valence electrons. The number of hydrogen-bond donors (Lipinski definition) is 2. The Morgan fingerprint density at radius 3 is 2.67 bits per heavy atom. The van der Waals surface area contributed by atoms with Crippen molar-refractivity contribution in [1.82, 2.24) is 14.8 Å². The molecule has 0 unspecified atom stereocenters. The highest BCUT2D eigenvalue weighted by molar-refractivity contribution is 7.92. The monoisotopic (exact) mass is 360 g/mol. The summed E-state index contributed by atoms with van der Waals surface area (Å²) < 4.78 is 53.4. The number of nitrogens with zero attached hydrogens (tertiary/aromatic N) is 3. The van der Waals surface area contributed by atoms with Gasteiger partial charge in [0, 0.05) is 18.2 Å². The number of benzene rings is 1. The maximum Gasteiger partial charge on any atom is 0.157 e. The zero-order valence-electron chi connectivity index (χ0n) is 12.9. The number of rotatable bonds is 7. The van der Waals surface area contributed by atoms with Gasteiger partial charge in [0.05, 0.1) is 17.5 Å². The summed E-state index contributed by atoms with van der Waals surface area (Å²) >= 11 is 0. The molecule has 0 fully saturated rings. The van der Waals surface area contributed by atoms with Gasteiger partial charge in [-0.1, -0.05) is 6.07 Å². The van der Waals surface area contributed by atoms with Crippen molar-refractivity contribution in [3.63, 3.8) is 0 Å². The fourth-order valence-corrected chi connectivity index (χ4v) is 3.95. The van der Waals surface area contributed by atoms with Crippen molar-refractivity contribution in [2.24, 2.45) is 5.73 Å². The van der Waals surface area contributed by atoms with Crippen LogP contribution in [0.1, 0.15) is 12.5 Å². The predicted octanol–water partition coefficient (Wildman–Crippen LogP) is 0.206. The number of aliphatic hydroxyl groups is 1. The van der Waals surface area contributed by atoms with Crippen molar-refractivity contribution >= 4 is 9.84 Å². The fourth-order valence-electron chi connectivity index (χ4n) is 2.47. The third kappa shape index (κ3) is 3.60. The van der Waals surface area contributed by atoms with Crippen LogP contribution in [0.25, 0.3) is 0 Å². The van der Waals surface area contributed by atoms with Gasteiger partial charge in [0.15, 0.2) is 9.84 Å². The van der Waals surface area contributed by atoms with Crippen LogP contribution in [0.4, 0.5) is 8.78 Å². The number of aromatic nitrogens is 3. The maximum absolute atomic E-state index is 14.2. The Morgan fingerprint density at radius 1 is 1.42 bits per heavy atom. The van der Waals surface area contributed by atoms with E-state index in [0.29, 0.717) is 6.07 Å². The van der Waals surface area contributed by atoms with E-state index in [0.717, 1.165) is 12.1 Å². The Kier molecular flexibility index (Phi) is 5.31. The predicted molar refractivity (Wildman–Crippen MR) is 82.6 cm³/mol. The molecule has 0 radical (unpaired) electrons. The van der Waals surface area contributed by atoms with Crippen molar-refractivity contribution in [3.8, 4) is 0 Å². The molecule has 2 aromatic rings. The average molecular weight is 360 g/mol.